The van der Waals surface area contributed by atoms with Crippen LogP contribution in [0.2, 0.25) is 0 Å². The van der Waals surface area contributed by atoms with Gasteiger partial charge in [0.15, 0.2) is 0 Å². The van der Waals surface area contributed by atoms with Crippen LogP contribution in [-0.2, 0) is 32.5 Å². The van der Waals surface area contributed by atoms with Crippen LogP contribution in [-0.4, -0.2) is 7.11 Å². The van der Waals surface area contributed by atoms with Crippen molar-refractivity contribution in [3.8, 4) is 16.9 Å². The highest BCUT2D eigenvalue weighted by molar-refractivity contribution is 9.10. The van der Waals surface area contributed by atoms with Gasteiger partial charge in [-0.1, -0.05) is 178 Å². The lowest BCUT2D eigenvalue weighted by Gasteiger charge is -2.35. The molecule has 0 aromatic heterocycles. The number of rotatable bonds is 10. The molecule has 7 rings (SSSR count). The summed E-state index contributed by atoms with van der Waals surface area (Å²) in [5, 5.41) is 0. The average molecular weight is 1010 g/mol. The number of nitrogens with zero attached hydrogens (tertiary/aromatic N) is 2. The lowest BCUT2D eigenvalue weighted by Crippen LogP contribution is -2.24. The fraction of sp³-hybridized carbons (Fsp3) is 0.364. The summed E-state index contributed by atoms with van der Waals surface area (Å²) in [7, 11) is 1.66. The molecule has 0 aliphatic rings. The van der Waals surface area contributed by atoms with Gasteiger partial charge in [0.1, 0.15) is 11.6 Å². The molecule has 0 saturated heterocycles. The average Bonchev–Trinajstić information content (AvgIpc) is 3.28. The Morgan fingerprint density at radius 1 is 0.366 bits per heavy atom. The van der Waals surface area contributed by atoms with Crippen LogP contribution >= 0.6 is 15.9 Å². The zero-order chi connectivity index (χ0) is 52.2. The molecule has 0 atom stereocenters. The summed E-state index contributed by atoms with van der Waals surface area (Å²) in [4.78, 5) is 4.52. The molecule has 0 amide bonds. The van der Waals surface area contributed by atoms with Crippen LogP contribution in [0.3, 0.4) is 0 Å². The Labute approximate surface area is 435 Å². The number of methoxy groups -OCH3 is 1. The van der Waals surface area contributed by atoms with Gasteiger partial charge < -0.3 is 14.5 Å². The Balaban J connectivity index is 1.36. The van der Waals surface area contributed by atoms with Crippen LogP contribution in [0.5, 0.6) is 5.75 Å². The predicted molar refractivity (Wildman–Crippen MR) is 308 cm³/mol. The molecule has 0 N–H and O–H groups in total. The van der Waals surface area contributed by atoms with Crippen LogP contribution in [0.25, 0.3) is 11.1 Å². The first-order valence-electron chi connectivity index (χ1n) is 25.2. The van der Waals surface area contributed by atoms with E-state index in [0.29, 0.717) is 16.9 Å². The molecule has 0 bridgehead atoms. The lowest BCUT2D eigenvalue weighted by molar-refractivity contribution is 0.415. The summed E-state index contributed by atoms with van der Waals surface area (Å²) >= 11 is 4.26. The zero-order valence-corrected chi connectivity index (χ0v) is 47.5. The second kappa shape index (κ2) is 19.4. The van der Waals surface area contributed by atoms with E-state index in [9.17, 15) is 0 Å². The van der Waals surface area contributed by atoms with Crippen molar-refractivity contribution in [1.82, 2.24) is 0 Å². The first kappa shape index (κ1) is 53.2. The highest BCUT2D eigenvalue weighted by Crippen LogP contribution is 2.49. The van der Waals surface area contributed by atoms with Crippen molar-refractivity contribution in [2.75, 3.05) is 16.9 Å². The number of anilines is 6. The van der Waals surface area contributed by atoms with E-state index in [2.05, 4.69) is 265 Å². The fourth-order valence-corrected chi connectivity index (χ4v) is 10.2. The fourth-order valence-electron chi connectivity index (χ4n) is 9.30. The predicted octanol–water partition coefficient (Wildman–Crippen LogP) is 20.0. The normalized spacial score (nSPS) is 12.8. The molecule has 0 saturated carbocycles. The van der Waals surface area contributed by atoms with Gasteiger partial charge in [-0.3, -0.25) is 0 Å². The van der Waals surface area contributed by atoms with Crippen LogP contribution in [0.1, 0.15) is 157 Å². The van der Waals surface area contributed by atoms with Crippen molar-refractivity contribution in [2.45, 2.75) is 150 Å². The third kappa shape index (κ3) is 11.4. The van der Waals surface area contributed by atoms with Crippen LogP contribution < -0.4 is 14.5 Å². The molecule has 0 aliphatic carbocycles. The minimum absolute atomic E-state index is 0.000418. The van der Waals surface area contributed by atoms with E-state index in [1.54, 1.807) is 13.2 Å². The molecular formula is C66H78BrFN2O. The van der Waals surface area contributed by atoms with Crippen molar-refractivity contribution in [2.24, 2.45) is 0 Å². The van der Waals surface area contributed by atoms with E-state index in [0.717, 1.165) is 49.7 Å². The summed E-state index contributed by atoms with van der Waals surface area (Å²) in [5.41, 5.74) is 14.7. The molecule has 71 heavy (non-hydrogen) atoms. The summed E-state index contributed by atoms with van der Waals surface area (Å²) in [6.45, 7) is 38.2. The topological polar surface area (TPSA) is 15.7 Å². The van der Waals surface area contributed by atoms with Gasteiger partial charge in [-0.15, -0.1) is 0 Å². The van der Waals surface area contributed by atoms with Crippen molar-refractivity contribution in [3.05, 3.63) is 195 Å². The van der Waals surface area contributed by atoms with Gasteiger partial charge in [-0.25, -0.2) is 4.39 Å². The van der Waals surface area contributed by atoms with Gasteiger partial charge >= 0.3 is 0 Å². The third-order valence-electron chi connectivity index (χ3n) is 14.2. The maximum Gasteiger partial charge on any atom is 0.133 e. The Morgan fingerprint density at radius 3 is 1.07 bits per heavy atom. The van der Waals surface area contributed by atoms with E-state index < -0.39 is 5.41 Å². The molecule has 0 aliphatic heterocycles. The van der Waals surface area contributed by atoms with E-state index >= 15 is 4.39 Å². The largest absolute Gasteiger partial charge is 0.496 e. The molecule has 372 valence electrons. The first-order valence-corrected chi connectivity index (χ1v) is 26.0. The molecule has 0 spiro atoms. The summed E-state index contributed by atoms with van der Waals surface area (Å²) in [5.74, 6) is 0.276. The SMILES string of the molecule is COc1ccc(C(C)(C)c2cc(C(C)(C)C)cc(N(c3ccc(C(C)(C)C)cc3)c3ccc(C(C)(C)C)cc3)c2Br)cc1-c1ccc(N(c2ccc(C(C)(C)C)cc2)c2ccc(C(C)(C)C)cc2)cc1F. The summed E-state index contributed by atoms with van der Waals surface area (Å²) in [6.07, 6.45) is 0. The smallest absolute Gasteiger partial charge is 0.133 e. The molecular weight excluding hydrogens is 936 g/mol. The Kier molecular flexibility index (Phi) is 14.5. The number of hydrogen-bond donors (Lipinski definition) is 0. The van der Waals surface area contributed by atoms with Gasteiger partial charge in [0.2, 0.25) is 0 Å². The molecule has 0 unspecified atom stereocenters. The highest BCUT2D eigenvalue weighted by atomic mass is 79.9. The number of hydrogen-bond acceptors (Lipinski definition) is 3. The van der Waals surface area contributed by atoms with E-state index in [1.165, 1.54) is 27.8 Å². The first-order chi connectivity index (χ1) is 32.9. The van der Waals surface area contributed by atoms with Crippen LogP contribution in [0, 0.1) is 5.82 Å². The maximum absolute atomic E-state index is 17.2. The molecule has 0 radical (unpaired) electrons. The number of halogens is 2. The Bertz CT molecular complexity index is 2870. The quantitative estimate of drug-likeness (QED) is 0.136. The van der Waals surface area contributed by atoms with Crippen molar-refractivity contribution in [3.63, 3.8) is 0 Å². The molecule has 7 aromatic rings. The molecule has 3 nitrogen and oxygen atoms in total. The standard InChI is InChI=1S/C66H78BrFN2O/c1-61(2,3)43-19-28-49(29-20-43)69(50-30-21-44(22-31-50)62(4,5)6)53-36-37-54(57(68)42-53)55-39-47(27-38-59(55)71-18)66(16,17)56-40-48(65(13,14)15)41-58(60(56)67)70(51-32-23-45(24-33-51)63(7,8)9)52-34-25-46(26-35-52)64(10,11)12/h19-42H,1-18H3. The van der Waals surface area contributed by atoms with Crippen molar-refractivity contribution < 1.29 is 9.13 Å². The van der Waals surface area contributed by atoms with Crippen LogP contribution in [0.15, 0.2) is 150 Å². The second-order valence-corrected chi connectivity index (χ2v) is 26.0. The van der Waals surface area contributed by atoms with Crippen molar-refractivity contribution >= 4 is 50.1 Å². The van der Waals surface area contributed by atoms with E-state index in [-0.39, 0.29) is 32.9 Å². The second-order valence-electron chi connectivity index (χ2n) is 25.2. The molecule has 0 heterocycles. The van der Waals surface area contributed by atoms with E-state index in [4.69, 9.17) is 4.74 Å². The van der Waals surface area contributed by atoms with Gasteiger partial charge in [-0.2, -0.15) is 0 Å². The maximum atomic E-state index is 17.2. The summed E-state index contributed by atoms with van der Waals surface area (Å²) < 4.78 is 24.3. The van der Waals surface area contributed by atoms with Gasteiger partial charge in [0.25, 0.3) is 0 Å². The zero-order valence-electron chi connectivity index (χ0n) is 45.9. The minimum Gasteiger partial charge on any atom is -0.496 e. The van der Waals surface area contributed by atoms with Crippen molar-refractivity contribution in [1.29, 1.82) is 0 Å². The number of benzene rings is 7. The lowest BCUT2D eigenvalue weighted by atomic mass is 9.74. The molecule has 7 aromatic carbocycles. The van der Waals surface area contributed by atoms with Gasteiger partial charge in [0, 0.05) is 49.5 Å². The monoisotopic (exact) mass is 1010 g/mol. The molecule has 0 fully saturated rings. The highest BCUT2D eigenvalue weighted by Gasteiger charge is 2.33. The van der Waals surface area contributed by atoms with Crippen LogP contribution in [0.4, 0.5) is 38.5 Å². The Morgan fingerprint density at radius 2 is 0.718 bits per heavy atom. The summed E-state index contributed by atoms with van der Waals surface area (Å²) in [6, 6.07) is 51.8. The molecule has 5 heteroatoms. The number of ether oxygens (including phenoxy) is 1. The van der Waals surface area contributed by atoms with Gasteiger partial charge in [-0.05, 0) is 167 Å². The third-order valence-corrected chi connectivity index (χ3v) is 15.1. The van der Waals surface area contributed by atoms with Gasteiger partial charge in [0.05, 0.1) is 12.8 Å². The van der Waals surface area contributed by atoms with E-state index in [1.807, 2.05) is 18.2 Å². The Hall–Kier alpha value is -5.65. The minimum atomic E-state index is -0.556.